The molecule has 0 radical (unpaired) electrons. The number of hydrogen-bond donors (Lipinski definition) is 0. The Hall–Kier alpha value is -2.49. The van der Waals surface area contributed by atoms with Gasteiger partial charge in [-0.2, -0.15) is 0 Å². The first-order valence-corrected chi connectivity index (χ1v) is 8.16. The van der Waals surface area contributed by atoms with Crippen LogP contribution in [0, 0.1) is 6.92 Å². The molecule has 1 atom stereocenters. The van der Waals surface area contributed by atoms with Gasteiger partial charge in [-0.15, -0.1) is 0 Å². The van der Waals surface area contributed by atoms with Crippen LogP contribution in [0.1, 0.15) is 40.7 Å². The number of carbonyl (C=O) groups is 1. The highest BCUT2D eigenvalue weighted by atomic mass is 16.5. The van der Waals surface area contributed by atoms with Gasteiger partial charge in [0.1, 0.15) is 30.5 Å². The second-order valence-electron chi connectivity index (χ2n) is 6.07. The van der Waals surface area contributed by atoms with Gasteiger partial charge in [0.05, 0.1) is 12.7 Å². The van der Waals surface area contributed by atoms with Crippen LogP contribution in [0.4, 0.5) is 0 Å². The lowest BCUT2D eigenvalue weighted by Gasteiger charge is -2.14. The molecule has 2 aromatic rings. The Labute approximate surface area is 142 Å². The Morgan fingerprint density at radius 2 is 1.67 bits per heavy atom. The summed E-state index contributed by atoms with van der Waals surface area (Å²) in [7, 11) is 1.63. The van der Waals surface area contributed by atoms with Crippen molar-refractivity contribution in [3.8, 4) is 17.2 Å². The normalized spacial score (nSPS) is 16.0. The summed E-state index contributed by atoms with van der Waals surface area (Å²) in [4.78, 5) is 12.2. The molecule has 1 aliphatic carbocycles. The van der Waals surface area contributed by atoms with Crippen LogP contribution in [-0.2, 0) is 0 Å². The molecule has 4 heteroatoms. The van der Waals surface area contributed by atoms with Crippen LogP contribution in [0.3, 0.4) is 0 Å². The quantitative estimate of drug-likeness (QED) is 0.748. The highest BCUT2D eigenvalue weighted by Gasteiger charge is 2.30. The van der Waals surface area contributed by atoms with Gasteiger partial charge in [0, 0.05) is 6.42 Å². The molecule has 0 fully saturated rings. The maximum Gasteiger partial charge on any atom is 0.167 e. The number of benzene rings is 2. The highest BCUT2D eigenvalue weighted by Crippen LogP contribution is 2.40. The van der Waals surface area contributed by atoms with Crippen molar-refractivity contribution in [3.05, 3.63) is 53.1 Å². The lowest BCUT2D eigenvalue weighted by molar-refractivity contribution is 0.0985. The Balaban J connectivity index is 1.60. The van der Waals surface area contributed by atoms with Crippen molar-refractivity contribution >= 4 is 5.78 Å². The van der Waals surface area contributed by atoms with Crippen LogP contribution >= 0.6 is 0 Å². The van der Waals surface area contributed by atoms with Crippen LogP contribution in [0.2, 0.25) is 0 Å². The minimum Gasteiger partial charge on any atom is -0.497 e. The molecular weight excluding hydrogens is 304 g/mol. The first-order chi connectivity index (χ1) is 11.6. The minimum absolute atomic E-state index is 0.173. The Bertz CT molecular complexity index is 734. The molecule has 4 nitrogen and oxygen atoms in total. The second-order valence-corrected chi connectivity index (χ2v) is 6.07. The molecule has 0 amide bonds. The van der Waals surface area contributed by atoms with Gasteiger partial charge in [0.25, 0.3) is 0 Å². The Morgan fingerprint density at radius 1 is 1.00 bits per heavy atom. The van der Waals surface area contributed by atoms with Gasteiger partial charge in [-0.05, 0) is 54.3 Å². The summed E-state index contributed by atoms with van der Waals surface area (Å²) in [6.45, 7) is 4.94. The van der Waals surface area contributed by atoms with Crippen molar-refractivity contribution in [1.29, 1.82) is 0 Å². The minimum atomic E-state index is 0.173. The van der Waals surface area contributed by atoms with Crippen LogP contribution in [0.15, 0.2) is 36.4 Å². The SMILES string of the molecule is COc1ccc(OCCOc2ccc(C)c3c2C(=O)C[C@H]3C)cc1. The molecule has 0 unspecified atom stereocenters. The van der Waals surface area contributed by atoms with E-state index in [0.29, 0.717) is 25.4 Å². The number of ketones is 1. The standard InChI is InChI=1S/C20H22O4/c1-13-4-9-18(20-17(21)12-14(2)19(13)20)24-11-10-23-16-7-5-15(22-3)6-8-16/h4-9,14H,10-12H2,1-3H3/t14-/m1/s1. The monoisotopic (exact) mass is 326 g/mol. The van der Waals surface area contributed by atoms with E-state index in [1.165, 1.54) is 0 Å². The van der Waals surface area contributed by atoms with Crippen LogP contribution in [0.25, 0.3) is 0 Å². The van der Waals surface area contributed by atoms with Gasteiger partial charge < -0.3 is 14.2 Å². The van der Waals surface area contributed by atoms with Gasteiger partial charge in [-0.1, -0.05) is 13.0 Å². The molecule has 1 aliphatic rings. The number of methoxy groups -OCH3 is 1. The third-order valence-electron chi connectivity index (χ3n) is 4.36. The van der Waals surface area contributed by atoms with Crippen LogP contribution in [0.5, 0.6) is 17.2 Å². The Kier molecular flexibility index (Phi) is 4.74. The number of hydrogen-bond acceptors (Lipinski definition) is 4. The summed E-state index contributed by atoms with van der Waals surface area (Å²) >= 11 is 0. The van der Waals surface area contributed by atoms with E-state index in [4.69, 9.17) is 14.2 Å². The average Bonchev–Trinajstić information content (AvgIpc) is 2.89. The van der Waals surface area contributed by atoms with Gasteiger partial charge in [0.2, 0.25) is 0 Å². The fourth-order valence-electron chi connectivity index (χ4n) is 3.21. The van der Waals surface area contributed by atoms with Gasteiger partial charge in [-0.25, -0.2) is 0 Å². The van der Waals surface area contributed by atoms with Crippen LogP contribution < -0.4 is 14.2 Å². The summed E-state index contributed by atoms with van der Waals surface area (Å²) in [5.41, 5.74) is 3.05. The number of rotatable bonds is 6. The topological polar surface area (TPSA) is 44.8 Å². The molecule has 0 bridgehead atoms. The van der Waals surface area contributed by atoms with Crippen molar-refractivity contribution < 1.29 is 19.0 Å². The third-order valence-corrected chi connectivity index (χ3v) is 4.36. The van der Waals surface area contributed by atoms with E-state index in [1.807, 2.05) is 43.3 Å². The second kappa shape index (κ2) is 6.95. The number of fused-ring (bicyclic) bond motifs is 1. The van der Waals surface area contributed by atoms with E-state index in [9.17, 15) is 4.79 Å². The number of Topliss-reactive ketones (excluding diaryl/α,β-unsaturated/α-hetero) is 1. The average molecular weight is 326 g/mol. The van der Waals surface area contributed by atoms with Crippen molar-refractivity contribution in [2.75, 3.05) is 20.3 Å². The molecule has 0 spiro atoms. The van der Waals surface area contributed by atoms with Crippen molar-refractivity contribution in [3.63, 3.8) is 0 Å². The van der Waals surface area contributed by atoms with E-state index in [1.54, 1.807) is 7.11 Å². The first-order valence-electron chi connectivity index (χ1n) is 8.16. The van der Waals surface area contributed by atoms with E-state index >= 15 is 0 Å². The third kappa shape index (κ3) is 3.23. The number of carbonyl (C=O) groups excluding carboxylic acids is 1. The maximum absolute atomic E-state index is 12.2. The largest absolute Gasteiger partial charge is 0.497 e. The van der Waals surface area contributed by atoms with E-state index in [0.717, 1.165) is 28.2 Å². The summed E-state index contributed by atoms with van der Waals surface area (Å²) in [5, 5.41) is 0. The molecule has 126 valence electrons. The lowest BCUT2D eigenvalue weighted by Crippen LogP contribution is -2.11. The maximum atomic E-state index is 12.2. The highest BCUT2D eigenvalue weighted by molar-refractivity contribution is 6.04. The zero-order valence-corrected chi connectivity index (χ0v) is 14.3. The molecular formula is C20H22O4. The molecule has 0 saturated carbocycles. The molecule has 0 saturated heterocycles. The number of ether oxygens (including phenoxy) is 3. The summed E-state index contributed by atoms with van der Waals surface area (Å²) < 4.78 is 16.6. The van der Waals surface area contributed by atoms with Gasteiger partial charge >= 0.3 is 0 Å². The predicted molar refractivity (Wildman–Crippen MR) is 92.5 cm³/mol. The molecule has 0 aliphatic heterocycles. The zero-order chi connectivity index (χ0) is 17.1. The zero-order valence-electron chi connectivity index (χ0n) is 14.3. The molecule has 3 rings (SSSR count). The fraction of sp³-hybridized carbons (Fsp3) is 0.350. The van der Waals surface area contributed by atoms with E-state index in [-0.39, 0.29) is 11.7 Å². The first kappa shape index (κ1) is 16.4. The molecule has 0 aromatic heterocycles. The van der Waals surface area contributed by atoms with E-state index < -0.39 is 0 Å². The van der Waals surface area contributed by atoms with Crippen molar-refractivity contribution in [2.45, 2.75) is 26.2 Å². The van der Waals surface area contributed by atoms with Crippen molar-refractivity contribution in [1.82, 2.24) is 0 Å². The predicted octanol–water partition coefficient (Wildman–Crippen LogP) is 4.15. The van der Waals surface area contributed by atoms with Gasteiger partial charge in [-0.3, -0.25) is 4.79 Å². The smallest absolute Gasteiger partial charge is 0.167 e. The molecule has 0 N–H and O–H groups in total. The summed E-state index contributed by atoms with van der Waals surface area (Å²) in [6, 6.07) is 11.3. The molecule has 0 heterocycles. The lowest BCUT2D eigenvalue weighted by atomic mass is 9.97. The molecule has 2 aromatic carbocycles. The Morgan fingerprint density at radius 3 is 2.38 bits per heavy atom. The summed E-state index contributed by atoms with van der Waals surface area (Å²) in [5.74, 6) is 2.67. The summed E-state index contributed by atoms with van der Waals surface area (Å²) in [6.07, 6.45) is 0.568. The van der Waals surface area contributed by atoms with Crippen LogP contribution in [-0.4, -0.2) is 26.1 Å². The van der Waals surface area contributed by atoms with Crippen molar-refractivity contribution in [2.24, 2.45) is 0 Å². The molecule has 24 heavy (non-hydrogen) atoms. The van der Waals surface area contributed by atoms with E-state index in [2.05, 4.69) is 6.92 Å². The number of aryl methyl sites for hydroxylation is 1. The fourth-order valence-corrected chi connectivity index (χ4v) is 3.21. The van der Waals surface area contributed by atoms with Gasteiger partial charge in [0.15, 0.2) is 5.78 Å².